The van der Waals surface area contributed by atoms with Crippen LogP contribution in [0.4, 0.5) is 0 Å². The topological polar surface area (TPSA) is 39.2 Å². The quantitative estimate of drug-likeness (QED) is 0.535. The number of benzene rings is 2. The second kappa shape index (κ2) is 6.11. The number of hydrogen-bond donors (Lipinski definition) is 0. The molecule has 2 aromatic carbocycles. The third kappa shape index (κ3) is 2.82. The fourth-order valence-electron chi connectivity index (χ4n) is 2.14. The largest absolute Gasteiger partial charge is 0.497 e. The first-order chi connectivity index (χ1) is 10.8. The average Bonchev–Trinajstić information content (AvgIpc) is 2.59. The third-order valence-electron chi connectivity index (χ3n) is 3.28. The zero-order chi connectivity index (χ0) is 15.4. The number of ether oxygens (including phenoxy) is 1. The van der Waals surface area contributed by atoms with Crippen molar-refractivity contribution in [1.29, 1.82) is 0 Å². The van der Waals surface area contributed by atoms with Crippen molar-refractivity contribution >= 4 is 17.2 Å². The molecule has 0 aliphatic rings. The number of hydrogen-bond acceptors (Lipinski definition) is 3. The molecule has 0 N–H and O–H groups in total. The molecule has 1 heterocycles. The number of carbonyl (C=O) groups excluding carboxylic acids is 1. The highest BCUT2D eigenvalue weighted by Crippen LogP contribution is 2.21. The van der Waals surface area contributed by atoms with Crippen molar-refractivity contribution < 1.29 is 9.53 Å². The van der Waals surface area contributed by atoms with Gasteiger partial charge in [0.05, 0.1) is 12.6 Å². The molecular weight excluding hydrogens is 274 g/mol. The Balaban J connectivity index is 2.09. The molecule has 0 atom stereocenters. The van der Waals surface area contributed by atoms with E-state index in [-0.39, 0.29) is 0 Å². The van der Waals surface area contributed by atoms with Gasteiger partial charge in [-0.3, -0.25) is 4.79 Å². The van der Waals surface area contributed by atoms with Crippen LogP contribution in [0.25, 0.3) is 10.9 Å². The average molecular weight is 287 g/mol. The van der Waals surface area contributed by atoms with Crippen LogP contribution in [0.2, 0.25) is 0 Å². The van der Waals surface area contributed by atoms with Gasteiger partial charge in [-0.25, -0.2) is 4.98 Å². The summed E-state index contributed by atoms with van der Waals surface area (Å²) in [7, 11) is 1.61. The Morgan fingerprint density at radius 1 is 1.05 bits per heavy atom. The lowest BCUT2D eigenvalue weighted by molar-refractivity contribution is 0.112. The van der Waals surface area contributed by atoms with Crippen LogP contribution in [-0.4, -0.2) is 18.4 Å². The molecule has 0 fully saturated rings. The number of carbonyl (C=O) groups is 1. The number of rotatable bonds is 2. The Bertz CT molecular complexity index is 890. The first-order valence-electron chi connectivity index (χ1n) is 6.81. The maximum Gasteiger partial charge on any atom is 0.152 e. The second-order valence-corrected chi connectivity index (χ2v) is 4.72. The smallest absolute Gasteiger partial charge is 0.152 e. The molecular formula is C19H13NO2. The van der Waals surface area contributed by atoms with E-state index in [0.29, 0.717) is 11.3 Å². The van der Waals surface area contributed by atoms with Crippen LogP contribution in [0.15, 0.2) is 54.6 Å². The normalized spacial score (nSPS) is 9.86. The molecule has 106 valence electrons. The Hall–Kier alpha value is -3.12. The van der Waals surface area contributed by atoms with Crippen molar-refractivity contribution in [3.8, 4) is 17.6 Å². The second-order valence-electron chi connectivity index (χ2n) is 4.72. The monoisotopic (exact) mass is 287 g/mol. The SMILES string of the molecule is COc1ccc2nc(C#Cc3ccccc3)c(C=O)cc2c1. The fourth-order valence-corrected chi connectivity index (χ4v) is 2.14. The van der Waals surface area contributed by atoms with Gasteiger partial charge in [0, 0.05) is 16.5 Å². The predicted octanol–water partition coefficient (Wildman–Crippen LogP) is 3.46. The third-order valence-corrected chi connectivity index (χ3v) is 3.28. The maximum atomic E-state index is 11.3. The van der Waals surface area contributed by atoms with Gasteiger partial charge in [0.25, 0.3) is 0 Å². The van der Waals surface area contributed by atoms with E-state index in [4.69, 9.17) is 4.74 Å². The van der Waals surface area contributed by atoms with Gasteiger partial charge in [0.15, 0.2) is 6.29 Å². The van der Waals surface area contributed by atoms with Crippen molar-refractivity contribution in [3.63, 3.8) is 0 Å². The number of pyridine rings is 1. The highest BCUT2D eigenvalue weighted by molar-refractivity contribution is 5.89. The van der Waals surface area contributed by atoms with E-state index in [0.717, 1.165) is 28.5 Å². The number of fused-ring (bicyclic) bond motifs is 1. The van der Waals surface area contributed by atoms with Crippen LogP contribution in [0.5, 0.6) is 5.75 Å². The molecule has 3 aromatic rings. The summed E-state index contributed by atoms with van der Waals surface area (Å²) in [5, 5.41) is 0.853. The van der Waals surface area contributed by atoms with E-state index in [9.17, 15) is 4.79 Å². The zero-order valence-electron chi connectivity index (χ0n) is 12.0. The van der Waals surface area contributed by atoms with Gasteiger partial charge in [-0.2, -0.15) is 0 Å². The Kier molecular flexibility index (Phi) is 3.84. The van der Waals surface area contributed by atoms with Crippen LogP contribution in [0.1, 0.15) is 21.6 Å². The summed E-state index contributed by atoms with van der Waals surface area (Å²) >= 11 is 0. The molecule has 0 spiro atoms. The molecule has 1 aromatic heterocycles. The molecule has 0 aliphatic carbocycles. The van der Waals surface area contributed by atoms with Crippen molar-refractivity contribution in [2.24, 2.45) is 0 Å². The lowest BCUT2D eigenvalue weighted by Crippen LogP contribution is -1.94. The summed E-state index contributed by atoms with van der Waals surface area (Å²) in [5.74, 6) is 6.74. The van der Waals surface area contributed by atoms with Crippen molar-refractivity contribution in [2.45, 2.75) is 0 Å². The van der Waals surface area contributed by atoms with Gasteiger partial charge in [-0.1, -0.05) is 24.1 Å². The van der Waals surface area contributed by atoms with Gasteiger partial charge in [-0.15, -0.1) is 0 Å². The summed E-state index contributed by atoms with van der Waals surface area (Å²) in [6, 6.07) is 16.9. The first-order valence-corrected chi connectivity index (χ1v) is 6.81. The minimum absolute atomic E-state index is 0.476. The summed E-state index contributed by atoms with van der Waals surface area (Å²) < 4.78 is 5.19. The van der Waals surface area contributed by atoms with E-state index in [1.807, 2.05) is 48.5 Å². The van der Waals surface area contributed by atoms with E-state index in [2.05, 4.69) is 16.8 Å². The molecule has 0 radical (unpaired) electrons. The first kappa shape index (κ1) is 13.8. The highest BCUT2D eigenvalue weighted by atomic mass is 16.5. The summed E-state index contributed by atoms with van der Waals surface area (Å²) in [5.41, 5.74) is 2.63. The Morgan fingerprint density at radius 2 is 1.86 bits per heavy atom. The standard InChI is InChI=1S/C19H13NO2/c1-22-17-8-10-18-15(12-17)11-16(13-21)19(20-18)9-7-14-5-3-2-4-6-14/h2-6,8,10-13H,1H3. The lowest BCUT2D eigenvalue weighted by atomic mass is 10.1. The van der Waals surface area contributed by atoms with Crippen LogP contribution in [-0.2, 0) is 0 Å². The number of aldehydes is 1. The molecule has 22 heavy (non-hydrogen) atoms. The number of nitrogens with zero attached hydrogens (tertiary/aromatic N) is 1. The van der Waals surface area contributed by atoms with Crippen molar-refractivity contribution in [3.05, 3.63) is 71.4 Å². The molecule has 0 saturated carbocycles. The van der Waals surface area contributed by atoms with Gasteiger partial charge in [0.2, 0.25) is 0 Å². The van der Waals surface area contributed by atoms with Gasteiger partial charge in [0.1, 0.15) is 11.4 Å². The van der Waals surface area contributed by atoms with Crippen LogP contribution < -0.4 is 4.74 Å². The zero-order valence-corrected chi connectivity index (χ0v) is 12.0. The minimum atomic E-state index is 0.476. The molecule has 0 aliphatic heterocycles. The molecule has 3 rings (SSSR count). The van der Waals surface area contributed by atoms with E-state index < -0.39 is 0 Å². The minimum Gasteiger partial charge on any atom is -0.497 e. The fraction of sp³-hybridized carbons (Fsp3) is 0.0526. The molecule has 0 bridgehead atoms. The van der Waals surface area contributed by atoms with Gasteiger partial charge >= 0.3 is 0 Å². The number of aromatic nitrogens is 1. The predicted molar refractivity (Wildman–Crippen MR) is 86.1 cm³/mol. The van der Waals surface area contributed by atoms with E-state index >= 15 is 0 Å². The van der Waals surface area contributed by atoms with Crippen LogP contribution in [0.3, 0.4) is 0 Å². The molecule has 3 nitrogen and oxygen atoms in total. The van der Waals surface area contributed by atoms with Crippen molar-refractivity contribution in [2.75, 3.05) is 7.11 Å². The highest BCUT2D eigenvalue weighted by Gasteiger charge is 2.05. The van der Waals surface area contributed by atoms with E-state index in [1.54, 1.807) is 13.2 Å². The molecule has 0 saturated heterocycles. The summed E-state index contributed by atoms with van der Waals surface area (Å²) in [6.45, 7) is 0. The molecule has 0 unspecified atom stereocenters. The maximum absolute atomic E-state index is 11.3. The van der Waals surface area contributed by atoms with E-state index in [1.165, 1.54) is 0 Å². The van der Waals surface area contributed by atoms with Crippen LogP contribution >= 0.6 is 0 Å². The van der Waals surface area contributed by atoms with Gasteiger partial charge in [-0.05, 0) is 42.3 Å². The molecule has 0 amide bonds. The van der Waals surface area contributed by atoms with Gasteiger partial charge < -0.3 is 4.74 Å². The molecule has 3 heteroatoms. The van der Waals surface area contributed by atoms with Crippen LogP contribution in [0, 0.1) is 11.8 Å². The lowest BCUT2D eigenvalue weighted by Gasteiger charge is -2.04. The number of methoxy groups -OCH3 is 1. The Morgan fingerprint density at radius 3 is 2.59 bits per heavy atom. The summed E-state index contributed by atoms with van der Waals surface area (Å²) in [4.78, 5) is 15.8. The summed E-state index contributed by atoms with van der Waals surface area (Å²) in [6.07, 6.45) is 0.779. The van der Waals surface area contributed by atoms with Crippen molar-refractivity contribution in [1.82, 2.24) is 4.98 Å². The Labute approximate surface area is 128 Å².